The highest BCUT2D eigenvalue weighted by Gasteiger charge is 2.33. The summed E-state index contributed by atoms with van der Waals surface area (Å²) in [4.78, 5) is 15.1. The summed E-state index contributed by atoms with van der Waals surface area (Å²) in [6, 6.07) is 25.6. The molecule has 1 aliphatic rings. The SMILES string of the molecule is CN(CCOC(=O)C1c2ccccc2Oc2ccccc21)Cc1ccccc1. The van der Waals surface area contributed by atoms with Gasteiger partial charge in [0.25, 0.3) is 0 Å². The molecule has 3 aromatic rings. The van der Waals surface area contributed by atoms with E-state index in [4.69, 9.17) is 9.47 Å². The van der Waals surface area contributed by atoms with Gasteiger partial charge in [-0.2, -0.15) is 0 Å². The van der Waals surface area contributed by atoms with E-state index < -0.39 is 5.92 Å². The zero-order valence-electron chi connectivity index (χ0n) is 15.9. The van der Waals surface area contributed by atoms with E-state index in [0.717, 1.165) is 17.7 Å². The molecule has 0 bridgehead atoms. The number of carbonyl (C=O) groups excluding carboxylic acids is 1. The highest BCUT2D eigenvalue weighted by atomic mass is 16.5. The molecule has 0 atom stereocenters. The normalized spacial score (nSPS) is 12.8. The summed E-state index contributed by atoms with van der Waals surface area (Å²) in [5, 5.41) is 0. The Morgan fingerprint density at radius 1 is 0.893 bits per heavy atom. The van der Waals surface area contributed by atoms with Crippen molar-refractivity contribution in [2.75, 3.05) is 20.2 Å². The number of ether oxygens (including phenoxy) is 2. The number of likely N-dealkylation sites (N-methyl/N-ethyl adjacent to an activating group) is 1. The lowest BCUT2D eigenvalue weighted by atomic mass is 9.88. The average Bonchev–Trinajstić information content (AvgIpc) is 2.72. The Bertz CT molecular complexity index is 909. The zero-order chi connectivity index (χ0) is 19.3. The van der Waals surface area contributed by atoms with Gasteiger partial charge in [0.1, 0.15) is 24.0 Å². The van der Waals surface area contributed by atoms with E-state index >= 15 is 0 Å². The monoisotopic (exact) mass is 373 g/mol. The van der Waals surface area contributed by atoms with Crippen molar-refractivity contribution in [3.8, 4) is 11.5 Å². The van der Waals surface area contributed by atoms with Gasteiger partial charge in [-0.3, -0.25) is 9.69 Å². The van der Waals surface area contributed by atoms with E-state index in [1.165, 1.54) is 5.56 Å². The topological polar surface area (TPSA) is 38.8 Å². The molecule has 3 aromatic carbocycles. The number of benzene rings is 3. The minimum absolute atomic E-state index is 0.240. The molecule has 4 rings (SSSR count). The Balaban J connectivity index is 1.42. The van der Waals surface area contributed by atoms with Crippen LogP contribution in [-0.2, 0) is 16.1 Å². The third-order valence-corrected chi connectivity index (χ3v) is 4.93. The van der Waals surface area contributed by atoms with Gasteiger partial charge in [-0.25, -0.2) is 0 Å². The Morgan fingerprint density at radius 3 is 2.11 bits per heavy atom. The van der Waals surface area contributed by atoms with Crippen molar-refractivity contribution in [1.82, 2.24) is 4.90 Å². The third kappa shape index (κ3) is 3.92. The highest BCUT2D eigenvalue weighted by Crippen LogP contribution is 2.44. The predicted octanol–water partition coefficient (Wildman–Crippen LogP) is 4.60. The van der Waals surface area contributed by atoms with Crippen LogP contribution < -0.4 is 4.74 Å². The van der Waals surface area contributed by atoms with Crippen LogP contribution in [0.15, 0.2) is 78.9 Å². The van der Waals surface area contributed by atoms with Gasteiger partial charge >= 0.3 is 5.97 Å². The molecule has 0 N–H and O–H groups in total. The predicted molar refractivity (Wildman–Crippen MR) is 109 cm³/mol. The summed E-state index contributed by atoms with van der Waals surface area (Å²) >= 11 is 0. The van der Waals surface area contributed by atoms with E-state index in [0.29, 0.717) is 24.7 Å². The molecule has 0 spiro atoms. The number of rotatable bonds is 6. The number of nitrogens with zero attached hydrogens (tertiary/aromatic N) is 1. The first kappa shape index (κ1) is 18.3. The molecule has 0 aliphatic carbocycles. The molecule has 0 fully saturated rings. The first-order valence-electron chi connectivity index (χ1n) is 9.47. The Labute approximate surface area is 165 Å². The number of hydrogen-bond donors (Lipinski definition) is 0. The van der Waals surface area contributed by atoms with Crippen LogP contribution in [0.1, 0.15) is 22.6 Å². The molecule has 0 saturated carbocycles. The average molecular weight is 373 g/mol. The minimum Gasteiger partial charge on any atom is -0.464 e. The van der Waals surface area contributed by atoms with E-state index in [-0.39, 0.29) is 5.97 Å². The maximum absolute atomic E-state index is 13.0. The first-order chi connectivity index (χ1) is 13.7. The number of hydrogen-bond acceptors (Lipinski definition) is 4. The molecule has 0 unspecified atom stereocenters. The molecule has 0 saturated heterocycles. The highest BCUT2D eigenvalue weighted by molar-refractivity contribution is 5.85. The van der Waals surface area contributed by atoms with Crippen molar-refractivity contribution in [2.45, 2.75) is 12.5 Å². The lowest BCUT2D eigenvalue weighted by Gasteiger charge is -2.27. The molecule has 0 radical (unpaired) electrons. The molecule has 0 aromatic heterocycles. The molecule has 1 heterocycles. The second-order valence-corrected chi connectivity index (χ2v) is 7.00. The fourth-order valence-corrected chi connectivity index (χ4v) is 3.52. The number of fused-ring (bicyclic) bond motifs is 2. The van der Waals surface area contributed by atoms with Gasteiger partial charge in [0.15, 0.2) is 0 Å². The van der Waals surface area contributed by atoms with E-state index in [2.05, 4.69) is 17.0 Å². The second kappa shape index (κ2) is 8.28. The van der Waals surface area contributed by atoms with Gasteiger partial charge in [0, 0.05) is 24.2 Å². The summed E-state index contributed by atoms with van der Waals surface area (Å²) in [6.07, 6.45) is 0. The number of esters is 1. The van der Waals surface area contributed by atoms with Crippen molar-refractivity contribution in [1.29, 1.82) is 0 Å². The summed E-state index contributed by atoms with van der Waals surface area (Å²) in [5.74, 6) is 0.727. The van der Waals surface area contributed by atoms with Crippen molar-refractivity contribution in [3.63, 3.8) is 0 Å². The summed E-state index contributed by atoms with van der Waals surface area (Å²) in [7, 11) is 2.03. The van der Waals surface area contributed by atoms with Gasteiger partial charge in [0.05, 0.1) is 0 Å². The van der Waals surface area contributed by atoms with Gasteiger partial charge < -0.3 is 9.47 Å². The Hall–Kier alpha value is -3.11. The maximum atomic E-state index is 13.0. The van der Waals surface area contributed by atoms with Crippen LogP contribution in [0.4, 0.5) is 0 Å². The zero-order valence-corrected chi connectivity index (χ0v) is 15.9. The van der Waals surface area contributed by atoms with Crippen LogP contribution in [0.5, 0.6) is 11.5 Å². The van der Waals surface area contributed by atoms with Crippen molar-refractivity contribution < 1.29 is 14.3 Å². The second-order valence-electron chi connectivity index (χ2n) is 7.00. The smallest absolute Gasteiger partial charge is 0.318 e. The first-order valence-corrected chi connectivity index (χ1v) is 9.47. The summed E-state index contributed by atoms with van der Waals surface area (Å²) in [5.41, 5.74) is 2.94. The van der Waals surface area contributed by atoms with Crippen molar-refractivity contribution >= 4 is 5.97 Å². The molecule has 28 heavy (non-hydrogen) atoms. The van der Waals surface area contributed by atoms with Gasteiger partial charge in [0.2, 0.25) is 0 Å². The Morgan fingerprint density at radius 2 is 1.46 bits per heavy atom. The molecule has 4 heteroatoms. The van der Waals surface area contributed by atoms with Crippen LogP contribution >= 0.6 is 0 Å². The fraction of sp³-hybridized carbons (Fsp3) is 0.208. The summed E-state index contributed by atoms with van der Waals surface area (Å²) in [6.45, 7) is 1.85. The lowest BCUT2D eigenvalue weighted by molar-refractivity contribution is -0.144. The van der Waals surface area contributed by atoms with E-state index in [9.17, 15) is 4.79 Å². The van der Waals surface area contributed by atoms with Crippen LogP contribution in [0.3, 0.4) is 0 Å². The van der Waals surface area contributed by atoms with E-state index in [1.54, 1.807) is 0 Å². The van der Waals surface area contributed by atoms with Crippen LogP contribution in [0, 0.1) is 0 Å². The number of para-hydroxylation sites is 2. The van der Waals surface area contributed by atoms with Crippen LogP contribution in [0.2, 0.25) is 0 Å². The molecule has 4 nitrogen and oxygen atoms in total. The lowest BCUT2D eigenvalue weighted by Crippen LogP contribution is -2.27. The quantitative estimate of drug-likeness (QED) is 0.592. The molecule has 142 valence electrons. The standard InChI is InChI=1S/C24H23NO3/c1-25(17-18-9-3-2-4-10-18)15-16-27-24(26)23-19-11-5-7-13-21(19)28-22-14-8-6-12-20(22)23/h2-14,23H,15-17H2,1H3. The van der Waals surface area contributed by atoms with Gasteiger partial charge in [-0.15, -0.1) is 0 Å². The van der Waals surface area contributed by atoms with Gasteiger partial charge in [-0.1, -0.05) is 66.7 Å². The third-order valence-electron chi connectivity index (χ3n) is 4.93. The van der Waals surface area contributed by atoms with Crippen LogP contribution in [-0.4, -0.2) is 31.1 Å². The van der Waals surface area contributed by atoms with Crippen LogP contribution in [0.25, 0.3) is 0 Å². The van der Waals surface area contributed by atoms with E-state index in [1.807, 2.05) is 73.8 Å². The maximum Gasteiger partial charge on any atom is 0.318 e. The summed E-state index contributed by atoms with van der Waals surface area (Å²) < 4.78 is 11.6. The van der Waals surface area contributed by atoms with Gasteiger partial charge in [-0.05, 0) is 24.7 Å². The molecular weight excluding hydrogens is 350 g/mol. The molecule has 1 aliphatic heterocycles. The molecular formula is C24H23NO3. The Kier molecular flexibility index (Phi) is 5.40. The fourth-order valence-electron chi connectivity index (χ4n) is 3.52. The van der Waals surface area contributed by atoms with Crippen molar-refractivity contribution in [3.05, 3.63) is 95.6 Å². The minimum atomic E-state index is -0.458. The molecule has 0 amide bonds. The number of carbonyl (C=O) groups is 1. The van der Waals surface area contributed by atoms with Crippen molar-refractivity contribution in [2.24, 2.45) is 0 Å². The largest absolute Gasteiger partial charge is 0.464 e.